The molecule has 0 radical (unpaired) electrons. The van der Waals surface area contributed by atoms with Crippen LogP contribution in [0.25, 0.3) is 0 Å². The van der Waals surface area contributed by atoms with Gasteiger partial charge in [-0.3, -0.25) is 39.1 Å². The average Bonchev–Trinajstić information content (AvgIpc) is 3.41. The third-order valence-corrected chi connectivity index (χ3v) is 11.8. The largest absolute Gasteiger partial charge is 0.371 e. The summed E-state index contributed by atoms with van der Waals surface area (Å²) < 4.78 is 0. The molecule has 3 aromatic rings. The molecule has 5 aliphatic rings. The van der Waals surface area contributed by atoms with Crippen LogP contribution >= 0.6 is 0 Å². The van der Waals surface area contributed by atoms with Crippen LogP contribution in [0.2, 0.25) is 0 Å². The zero-order valence-electron chi connectivity index (χ0n) is 29.8. The maximum absolute atomic E-state index is 13.3. The van der Waals surface area contributed by atoms with Gasteiger partial charge in [0, 0.05) is 50.5 Å². The highest BCUT2D eigenvalue weighted by Crippen LogP contribution is 2.43. The van der Waals surface area contributed by atoms with Gasteiger partial charge in [-0.05, 0) is 112 Å². The van der Waals surface area contributed by atoms with Crippen LogP contribution in [0.1, 0.15) is 94.6 Å². The predicted octanol–water partition coefficient (Wildman–Crippen LogP) is 3.59. The number of likely N-dealkylation sites (tertiary alicyclic amines) is 1. The van der Waals surface area contributed by atoms with Crippen molar-refractivity contribution < 1.29 is 24.0 Å². The highest BCUT2D eigenvalue weighted by molar-refractivity contribution is 6.23. The molecule has 1 unspecified atom stereocenters. The first-order valence-electron chi connectivity index (χ1n) is 18.8. The van der Waals surface area contributed by atoms with Gasteiger partial charge in [0.15, 0.2) is 11.5 Å². The summed E-state index contributed by atoms with van der Waals surface area (Å²) in [6, 6.07) is 12.7. The fourth-order valence-corrected chi connectivity index (χ4v) is 8.61. The lowest BCUT2D eigenvalue weighted by molar-refractivity contribution is -0.136. The van der Waals surface area contributed by atoms with Crippen molar-refractivity contribution in [2.75, 3.05) is 54.4 Å². The van der Waals surface area contributed by atoms with Crippen molar-refractivity contribution in [3.8, 4) is 0 Å². The van der Waals surface area contributed by atoms with Crippen LogP contribution in [0.3, 0.4) is 0 Å². The van der Waals surface area contributed by atoms with Gasteiger partial charge in [-0.15, -0.1) is 0 Å². The number of fused-ring (bicyclic) bond motifs is 1. The summed E-state index contributed by atoms with van der Waals surface area (Å²) in [6.07, 6.45) is 9.76. The number of hydrogen-bond donors (Lipinski definition) is 3. The van der Waals surface area contributed by atoms with E-state index < -0.39 is 29.7 Å². The van der Waals surface area contributed by atoms with E-state index in [1.54, 1.807) is 18.3 Å². The van der Waals surface area contributed by atoms with E-state index >= 15 is 0 Å². The number of amides is 5. The Morgan fingerprint density at radius 2 is 1.55 bits per heavy atom. The molecule has 0 bridgehead atoms. The number of carbonyl (C=O) groups is 5. The molecule has 4 N–H and O–H groups in total. The Morgan fingerprint density at radius 3 is 2.25 bits per heavy atom. The van der Waals surface area contributed by atoms with Gasteiger partial charge in [0.2, 0.25) is 11.8 Å². The highest BCUT2D eigenvalue weighted by atomic mass is 16.2. The molecule has 5 aliphatic heterocycles. The number of aromatic nitrogens is 2. The number of carbonyl (C=O) groups excluding carboxylic acids is 5. The molecule has 0 aliphatic carbocycles. The molecular formula is C39H45N9O5. The van der Waals surface area contributed by atoms with Crippen LogP contribution in [0.15, 0.2) is 48.7 Å². The molecule has 14 nitrogen and oxygen atoms in total. The first-order chi connectivity index (χ1) is 25.7. The van der Waals surface area contributed by atoms with E-state index in [9.17, 15) is 24.0 Å². The number of rotatable bonds is 8. The predicted molar refractivity (Wildman–Crippen MR) is 198 cm³/mol. The second-order valence-corrected chi connectivity index (χ2v) is 15.1. The van der Waals surface area contributed by atoms with E-state index in [2.05, 4.69) is 42.5 Å². The molecule has 276 valence electrons. The van der Waals surface area contributed by atoms with Crippen molar-refractivity contribution in [1.82, 2.24) is 25.1 Å². The molecule has 14 heteroatoms. The van der Waals surface area contributed by atoms with Crippen molar-refractivity contribution in [3.63, 3.8) is 0 Å². The maximum atomic E-state index is 13.3. The Hall–Kier alpha value is -5.37. The lowest BCUT2D eigenvalue weighted by Crippen LogP contribution is -2.54. The van der Waals surface area contributed by atoms with Crippen molar-refractivity contribution >= 4 is 52.5 Å². The lowest BCUT2D eigenvalue weighted by Gasteiger charge is -2.47. The molecule has 1 spiro atoms. The van der Waals surface area contributed by atoms with E-state index in [1.165, 1.54) is 6.42 Å². The van der Waals surface area contributed by atoms with Gasteiger partial charge in [0.25, 0.3) is 17.7 Å². The molecule has 1 atom stereocenters. The smallest absolute Gasteiger partial charge is 0.271 e. The third kappa shape index (κ3) is 6.95. The normalized spacial score (nSPS) is 21.9. The molecule has 4 fully saturated rings. The SMILES string of the molecule is NC(=O)c1ncc(N2CCCCC2)nc1Nc1ccc(N2CCC3(CCN(Cc4ccc5c(c4)C(=O)N(C4CCC(=O)NC4=O)C5=O)CC3)CC2)cc1. The highest BCUT2D eigenvalue weighted by Gasteiger charge is 2.45. The van der Waals surface area contributed by atoms with Gasteiger partial charge < -0.3 is 20.9 Å². The molecular weight excluding hydrogens is 674 g/mol. The van der Waals surface area contributed by atoms with E-state index in [0.717, 1.165) is 105 Å². The van der Waals surface area contributed by atoms with Crippen LogP contribution < -0.4 is 26.2 Å². The average molecular weight is 720 g/mol. The maximum Gasteiger partial charge on any atom is 0.271 e. The van der Waals surface area contributed by atoms with Gasteiger partial charge in [0.1, 0.15) is 11.9 Å². The summed E-state index contributed by atoms with van der Waals surface area (Å²) in [7, 11) is 0. The lowest BCUT2D eigenvalue weighted by atomic mass is 9.71. The van der Waals surface area contributed by atoms with Gasteiger partial charge in [0.05, 0.1) is 17.3 Å². The Bertz CT molecular complexity index is 1940. The fourth-order valence-electron chi connectivity index (χ4n) is 8.61. The minimum absolute atomic E-state index is 0.0983. The minimum Gasteiger partial charge on any atom is -0.371 e. The number of anilines is 4. The Morgan fingerprint density at radius 1 is 0.849 bits per heavy atom. The summed E-state index contributed by atoms with van der Waals surface area (Å²) in [5, 5.41) is 5.53. The van der Waals surface area contributed by atoms with Crippen LogP contribution in [0.4, 0.5) is 23.0 Å². The molecule has 53 heavy (non-hydrogen) atoms. The van der Waals surface area contributed by atoms with Crippen LogP contribution in [-0.4, -0.2) is 94.6 Å². The molecule has 4 saturated heterocycles. The van der Waals surface area contributed by atoms with E-state index in [1.807, 2.05) is 18.2 Å². The summed E-state index contributed by atoms with van der Waals surface area (Å²) in [5.41, 5.74) is 9.64. The zero-order chi connectivity index (χ0) is 36.7. The number of nitrogens with two attached hydrogens (primary N) is 1. The van der Waals surface area contributed by atoms with Crippen LogP contribution in [0, 0.1) is 5.41 Å². The quantitative estimate of drug-likeness (QED) is 0.291. The summed E-state index contributed by atoms with van der Waals surface area (Å²) in [4.78, 5) is 79.7. The van der Waals surface area contributed by atoms with E-state index in [-0.39, 0.29) is 24.4 Å². The third-order valence-electron chi connectivity index (χ3n) is 11.8. The molecule has 0 saturated carbocycles. The Kier molecular flexibility index (Phi) is 9.31. The molecule has 6 heterocycles. The first-order valence-corrected chi connectivity index (χ1v) is 18.8. The number of piperidine rings is 4. The summed E-state index contributed by atoms with van der Waals surface area (Å²) in [6.45, 7) is 6.41. The number of imide groups is 2. The van der Waals surface area contributed by atoms with Crippen molar-refractivity contribution in [2.45, 2.75) is 70.4 Å². The van der Waals surface area contributed by atoms with E-state index in [0.29, 0.717) is 28.9 Å². The fraction of sp³-hybridized carbons (Fsp3) is 0.462. The molecule has 2 aromatic carbocycles. The van der Waals surface area contributed by atoms with Crippen molar-refractivity contribution in [3.05, 3.63) is 71.0 Å². The first kappa shape index (κ1) is 34.7. The van der Waals surface area contributed by atoms with Gasteiger partial charge in [-0.25, -0.2) is 9.97 Å². The molecule has 5 amide bonds. The Labute approximate surface area is 308 Å². The summed E-state index contributed by atoms with van der Waals surface area (Å²) >= 11 is 0. The number of nitrogens with one attached hydrogen (secondary N) is 2. The number of benzene rings is 2. The van der Waals surface area contributed by atoms with Gasteiger partial charge >= 0.3 is 0 Å². The zero-order valence-corrected chi connectivity index (χ0v) is 29.8. The molecule has 8 rings (SSSR count). The van der Waals surface area contributed by atoms with Gasteiger partial charge in [-0.2, -0.15) is 0 Å². The van der Waals surface area contributed by atoms with Crippen molar-refractivity contribution in [2.24, 2.45) is 11.1 Å². The monoisotopic (exact) mass is 719 g/mol. The number of primary amides is 1. The Balaban J connectivity index is 0.841. The van der Waals surface area contributed by atoms with Crippen LogP contribution in [0.5, 0.6) is 0 Å². The standard InChI is InChI=1S/C39H45N9O5/c40-34(50)33-35(43-31(23-41-33)47-16-2-1-3-17-47)42-26-5-7-27(8-6-26)46-20-14-39(15-21-46)12-18-45(19-13-39)24-25-4-9-28-29(22-25)38(53)48(37(28)52)30-10-11-32(49)44-36(30)51/h4-9,22-23,30H,1-3,10-21,24H2,(H2,40,50)(H,42,43)(H,44,49,51). The van der Waals surface area contributed by atoms with Gasteiger partial charge in [-0.1, -0.05) is 6.07 Å². The number of hydrogen-bond acceptors (Lipinski definition) is 11. The minimum atomic E-state index is -0.962. The number of nitrogens with zero attached hydrogens (tertiary/aromatic N) is 6. The topological polar surface area (TPSA) is 174 Å². The second-order valence-electron chi connectivity index (χ2n) is 15.1. The summed E-state index contributed by atoms with van der Waals surface area (Å²) in [5.74, 6) is -1.44. The van der Waals surface area contributed by atoms with Crippen LogP contribution in [-0.2, 0) is 16.1 Å². The van der Waals surface area contributed by atoms with E-state index in [4.69, 9.17) is 10.7 Å². The second kappa shape index (κ2) is 14.2. The molecule has 1 aromatic heterocycles. The van der Waals surface area contributed by atoms with Crippen molar-refractivity contribution in [1.29, 1.82) is 0 Å².